The third kappa shape index (κ3) is 8.49. The lowest BCUT2D eigenvalue weighted by Crippen LogP contribution is -2.29. The zero-order valence-corrected chi connectivity index (χ0v) is 24.0. The molecule has 0 aliphatic carbocycles. The Balaban J connectivity index is 2.16. The van der Waals surface area contributed by atoms with Crippen molar-refractivity contribution in [3.05, 3.63) is 75.2 Å². The molecule has 13 heteroatoms. The summed E-state index contributed by atoms with van der Waals surface area (Å²) in [5, 5.41) is 2.88. The minimum absolute atomic E-state index is 0.0206. The number of nitrogens with one attached hydrogen (secondary N) is 2. The van der Waals surface area contributed by atoms with E-state index in [1.807, 2.05) is 0 Å². The quantitative estimate of drug-likeness (QED) is 0.243. The first-order valence-corrected chi connectivity index (χ1v) is 13.1. The molecule has 1 aromatic heterocycles. The molecule has 226 valence electrons. The van der Waals surface area contributed by atoms with Crippen LogP contribution in [-0.4, -0.2) is 56.6 Å². The first-order chi connectivity index (χ1) is 19.8. The van der Waals surface area contributed by atoms with Gasteiger partial charge in [-0.2, -0.15) is 13.2 Å². The summed E-state index contributed by atoms with van der Waals surface area (Å²) in [7, 11) is 2.55. The standard InChI is InChI=1S/C29H30ClF3N2O7/c1-16(2)41-12-11-20(26(36)35-19-8-5-17(6-9-19)28(38)40-4)25-24(23(39-3)14-34-27(25)37)21-13-18(30)7-10-22(21)42-15-29(31,32)33/h5-10,13-14,16,20H,11-12,15H2,1-4H3,(H,34,37)(H,35,36). The molecule has 2 aromatic carbocycles. The Hall–Kier alpha value is -4.03. The molecule has 1 amide bonds. The van der Waals surface area contributed by atoms with E-state index in [1.54, 1.807) is 13.8 Å². The summed E-state index contributed by atoms with van der Waals surface area (Å²) in [6, 6.07) is 9.81. The molecule has 0 saturated carbocycles. The average molecular weight is 611 g/mol. The first-order valence-electron chi connectivity index (χ1n) is 12.7. The second-order valence-electron chi connectivity index (χ2n) is 9.34. The van der Waals surface area contributed by atoms with Gasteiger partial charge in [0.15, 0.2) is 6.61 Å². The Kier molecular flexibility index (Phi) is 11.0. The molecule has 0 aliphatic rings. The van der Waals surface area contributed by atoms with Gasteiger partial charge in [-0.25, -0.2) is 4.79 Å². The van der Waals surface area contributed by atoms with Crippen molar-refractivity contribution in [1.29, 1.82) is 0 Å². The van der Waals surface area contributed by atoms with Crippen molar-refractivity contribution < 1.29 is 41.7 Å². The number of anilines is 1. The maximum Gasteiger partial charge on any atom is 0.422 e. The Morgan fingerprint density at radius 1 is 1.05 bits per heavy atom. The number of alkyl halides is 3. The molecular formula is C29H30ClF3N2O7. The number of carbonyl (C=O) groups is 2. The number of rotatable bonds is 12. The number of ether oxygens (including phenoxy) is 4. The van der Waals surface area contributed by atoms with Crippen molar-refractivity contribution in [2.24, 2.45) is 0 Å². The highest BCUT2D eigenvalue weighted by molar-refractivity contribution is 6.31. The summed E-state index contributed by atoms with van der Waals surface area (Å²) < 4.78 is 60.1. The zero-order chi connectivity index (χ0) is 31.0. The molecule has 9 nitrogen and oxygen atoms in total. The number of benzene rings is 2. The lowest BCUT2D eigenvalue weighted by atomic mass is 9.88. The molecule has 0 aliphatic heterocycles. The fourth-order valence-electron chi connectivity index (χ4n) is 4.15. The normalized spacial score (nSPS) is 12.1. The Morgan fingerprint density at radius 2 is 1.74 bits per heavy atom. The third-order valence-corrected chi connectivity index (χ3v) is 6.25. The van der Waals surface area contributed by atoms with E-state index in [-0.39, 0.29) is 57.9 Å². The van der Waals surface area contributed by atoms with Gasteiger partial charge < -0.3 is 29.2 Å². The summed E-state index contributed by atoms with van der Waals surface area (Å²) in [4.78, 5) is 41.5. The molecule has 0 spiro atoms. The molecule has 0 bridgehead atoms. The van der Waals surface area contributed by atoms with Gasteiger partial charge in [0.05, 0.1) is 31.8 Å². The molecule has 3 rings (SSSR count). The third-order valence-electron chi connectivity index (χ3n) is 6.01. The smallest absolute Gasteiger partial charge is 0.422 e. The summed E-state index contributed by atoms with van der Waals surface area (Å²) in [6.45, 7) is 2.08. The van der Waals surface area contributed by atoms with Crippen LogP contribution in [0.1, 0.15) is 42.1 Å². The molecule has 1 unspecified atom stereocenters. The summed E-state index contributed by atoms with van der Waals surface area (Å²) in [5.41, 5.74) is -0.138. The predicted octanol–water partition coefficient (Wildman–Crippen LogP) is 5.97. The molecule has 0 fully saturated rings. The number of aromatic amines is 1. The highest BCUT2D eigenvalue weighted by atomic mass is 35.5. The number of aromatic nitrogens is 1. The van der Waals surface area contributed by atoms with Crippen LogP contribution in [0, 0.1) is 0 Å². The number of H-pyrrole nitrogens is 1. The summed E-state index contributed by atoms with van der Waals surface area (Å²) >= 11 is 6.22. The molecule has 0 saturated heterocycles. The van der Waals surface area contributed by atoms with E-state index < -0.39 is 36.1 Å². The van der Waals surface area contributed by atoms with Crippen LogP contribution in [0.4, 0.5) is 18.9 Å². The van der Waals surface area contributed by atoms with Gasteiger partial charge in [0.1, 0.15) is 11.5 Å². The molecule has 1 atom stereocenters. The van der Waals surface area contributed by atoms with E-state index in [1.165, 1.54) is 62.9 Å². The van der Waals surface area contributed by atoms with Crippen molar-refractivity contribution in [1.82, 2.24) is 4.98 Å². The largest absolute Gasteiger partial charge is 0.495 e. The van der Waals surface area contributed by atoms with Crippen molar-refractivity contribution >= 4 is 29.2 Å². The number of pyridine rings is 1. The van der Waals surface area contributed by atoms with Crippen LogP contribution >= 0.6 is 11.6 Å². The Morgan fingerprint density at radius 3 is 2.33 bits per heavy atom. The topological polar surface area (TPSA) is 116 Å². The number of esters is 1. The molecule has 1 heterocycles. The van der Waals surface area contributed by atoms with Crippen LogP contribution in [0.3, 0.4) is 0 Å². The van der Waals surface area contributed by atoms with Gasteiger partial charge in [-0.1, -0.05) is 11.6 Å². The van der Waals surface area contributed by atoms with Crippen LogP contribution in [0.5, 0.6) is 11.5 Å². The van der Waals surface area contributed by atoms with E-state index in [9.17, 15) is 27.6 Å². The van der Waals surface area contributed by atoms with Gasteiger partial charge in [-0.05, 0) is 62.7 Å². The monoisotopic (exact) mass is 610 g/mol. The molecular weight excluding hydrogens is 581 g/mol. The SMILES string of the molecule is COC(=O)c1ccc(NC(=O)C(CCOC(C)C)c2c(-c3cc(Cl)ccc3OCC(F)(F)F)c(OC)c[nH]c2=O)cc1. The van der Waals surface area contributed by atoms with Crippen molar-refractivity contribution in [2.45, 2.75) is 38.5 Å². The Bertz CT molecular complexity index is 1460. The van der Waals surface area contributed by atoms with Crippen molar-refractivity contribution in [3.8, 4) is 22.6 Å². The van der Waals surface area contributed by atoms with Crippen LogP contribution in [0.25, 0.3) is 11.1 Å². The van der Waals surface area contributed by atoms with Crippen LogP contribution in [0.15, 0.2) is 53.5 Å². The number of hydrogen-bond acceptors (Lipinski definition) is 7. The lowest BCUT2D eigenvalue weighted by Gasteiger charge is -2.23. The van der Waals surface area contributed by atoms with Crippen molar-refractivity contribution in [3.63, 3.8) is 0 Å². The highest BCUT2D eigenvalue weighted by Gasteiger charge is 2.32. The van der Waals surface area contributed by atoms with Crippen LogP contribution in [-0.2, 0) is 14.3 Å². The zero-order valence-electron chi connectivity index (χ0n) is 23.3. The maximum absolute atomic E-state index is 13.8. The van der Waals surface area contributed by atoms with Crippen LogP contribution < -0.4 is 20.3 Å². The van der Waals surface area contributed by atoms with E-state index >= 15 is 0 Å². The van der Waals surface area contributed by atoms with E-state index in [0.717, 1.165) is 0 Å². The highest BCUT2D eigenvalue weighted by Crippen LogP contribution is 2.42. The number of hydrogen-bond donors (Lipinski definition) is 2. The van der Waals surface area contributed by atoms with E-state index in [0.29, 0.717) is 5.69 Å². The summed E-state index contributed by atoms with van der Waals surface area (Å²) in [6.07, 6.45) is -3.57. The van der Waals surface area contributed by atoms with Gasteiger partial charge in [0.2, 0.25) is 5.91 Å². The average Bonchev–Trinajstić information content (AvgIpc) is 2.94. The minimum atomic E-state index is -4.64. The second-order valence-corrected chi connectivity index (χ2v) is 9.77. The first kappa shape index (κ1) is 32.5. The molecule has 3 aromatic rings. The van der Waals surface area contributed by atoms with Crippen molar-refractivity contribution in [2.75, 3.05) is 32.8 Å². The van der Waals surface area contributed by atoms with E-state index in [4.69, 9.17) is 25.8 Å². The van der Waals surface area contributed by atoms with Gasteiger partial charge >= 0.3 is 12.1 Å². The molecule has 42 heavy (non-hydrogen) atoms. The fraction of sp³-hybridized carbons (Fsp3) is 0.345. The fourth-order valence-corrected chi connectivity index (χ4v) is 4.32. The number of methoxy groups -OCH3 is 2. The molecule has 0 radical (unpaired) electrons. The minimum Gasteiger partial charge on any atom is -0.495 e. The van der Waals surface area contributed by atoms with E-state index in [2.05, 4.69) is 15.0 Å². The Labute approximate surface area is 244 Å². The van der Waals surface area contributed by atoms with Crippen LogP contribution in [0.2, 0.25) is 5.02 Å². The van der Waals surface area contributed by atoms with Gasteiger partial charge in [0.25, 0.3) is 5.56 Å². The van der Waals surface area contributed by atoms with Gasteiger partial charge in [-0.3, -0.25) is 9.59 Å². The molecule has 2 N–H and O–H groups in total. The predicted molar refractivity (Wildman–Crippen MR) is 150 cm³/mol. The lowest BCUT2D eigenvalue weighted by molar-refractivity contribution is -0.153. The maximum atomic E-state index is 13.8. The van der Waals surface area contributed by atoms with Gasteiger partial charge in [-0.15, -0.1) is 0 Å². The second kappa shape index (κ2) is 14.2. The number of amides is 1. The number of carbonyl (C=O) groups excluding carboxylic acids is 2. The summed E-state index contributed by atoms with van der Waals surface area (Å²) in [5.74, 6) is -2.51. The van der Waals surface area contributed by atoms with Gasteiger partial charge in [0, 0.05) is 40.2 Å². The number of halogens is 4.